The topological polar surface area (TPSA) is 79.7 Å². The van der Waals surface area contributed by atoms with E-state index in [1.165, 1.54) is 28.1 Å². The Morgan fingerprint density at radius 2 is 2.19 bits per heavy atom. The predicted octanol–water partition coefficient (Wildman–Crippen LogP) is 2.94. The van der Waals surface area contributed by atoms with Crippen LogP contribution in [0, 0.1) is 0 Å². The lowest BCUT2D eigenvalue weighted by molar-refractivity contribution is 0.0528. The Hall–Kier alpha value is -2.16. The normalized spacial score (nSPS) is 11.4. The molecule has 0 radical (unpaired) electrons. The van der Waals surface area contributed by atoms with Crippen LogP contribution in [0.2, 0.25) is 4.34 Å². The molecule has 0 aromatic carbocycles. The van der Waals surface area contributed by atoms with E-state index in [4.69, 9.17) is 16.3 Å². The van der Waals surface area contributed by atoms with Gasteiger partial charge in [-0.1, -0.05) is 18.5 Å². The Balaban J connectivity index is 1.88. The summed E-state index contributed by atoms with van der Waals surface area (Å²) in [6.45, 7) is 6.02. The summed E-state index contributed by atoms with van der Waals surface area (Å²) < 4.78 is 7.01. The van der Waals surface area contributed by atoms with Crippen molar-refractivity contribution in [2.24, 2.45) is 0 Å². The summed E-state index contributed by atoms with van der Waals surface area (Å²) in [6.07, 6.45) is 1.44. The second-order valence-electron chi connectivity index (χ2n) is 5.66. The smallest absolute Gasteiger partial charge is 0.343 e. The highest BCUT2D eigenvalue weighted by molar-refractivity contribution is 7.16. The van der Waals surface area contributed by atoms with Crippen LogP contribution in [0.15, 0.2) is 29.2 Å². The average molecular weight is 395 g/mol. The number of ether oxygens (including phenoxy) is 1. The highest BCUT2D eigenvalue weighted by Crippen LogP contribution is 2.23. The molecule has 9 heteroatoms. The molecule has 0 aliphatic carbocycles. The number of carbonyl (C=O) groups is 1. The SMILES string of the molecule is CCOC(=O)c1c[nH]n2c(=O)cc(CN(CC)Cc3ccc(Cl)s3)nc12. The van der Waals surface area contributed by atoms with Crippen LogP contribution in [-0.4, -0.2) is 38.6 Å². The van der Waals surface area contributed by atoms with Crippen LogP contribution in [0.25, 0.3) is 5.65 Å². The van der Waals surface area contributed by atoms with Gasteiger partial charge >= 0.3 is 5.97 Å². The molecule has 0 atom stereocenters. The Labute approximate surface area is 159 Å². The van der Waals surface area contributed by atoms with Gasteiger partial charge in [-0.3, -0.25) is 14.8 Å². The molecule has 0 saturated heterocycles. The standard InChI is InChI=1S/C17H19ClN4O3S/c1-3-21(10-12-5-6-14(18)26-12)9-11-7-15(23)22-16(20-11)13(8-19-22)17(24)25-4-2/h5-8,19H,3-4,9-10H2,1-2H3. The minimum atomic E-state index is -0.504. The number of aromatic nitrogens is 3. The van der Waals surface area contributed by atoms with E-state index in [0.717, 1.165) is 15.8 Å². The number of fused-ring (bicyclic) bond motifs is 1. The van der Waals surface area contributed by atoms with Crippen molar-refractivity contribution in [3.63, 3.8) is 0 Å². The van der Waals surface area contributed by atoms with Crippen molar-refractivity contribution in [2.45, 2.75) is 26.9 Å². The fraction of sp³-hybridized carbons (Fsp3) is 0.353. The first-order valence-corrected chi connectivity index (χ1v) is 9.45. The van der Waals surface area contributed by atoms with Gasteiger partial charge in [-0.2, -0.15) is 0 Å². The summed E-state index contributed by atoms with van der Waals surface area (Å²) in [4.78, 5) is 32.2. The molecule has 1 N–H and O–H groups in total. The molecule has 0 unspecified atom stereocenters. The number of rotatable bonds is 7. The van der Waals surface area contributed by atoms with Gasteiger partial charge in [0.1, 0.15) is 5.56 Å². The molecule has 0 aliphatic heterocycles. The Morgan fingerprint density at radius 3 is 2.85 bits per heavy atom. The fourth-order valence-electron chi connectivity index (χ4n) is 2.63. The van der Waals surface area contributed by atoms with E-state index >= 15 is 0 Å². The third kappa shape index (κ3) is 3.98. The van der Waals surface area contributed by atoms with Crippen LogP contribution in [0.4, 0.5) is 0 Å². The molecule has 0 spiro atoms. The lowest BCUT2D eigenvalue weighted by Crippen LogP contribution is -2.25. The molecule has 0 aliphatic rings. The second kappa shape index (κ2) is 8.03. The molecule has 26 heavy (non-hydrogen) atoms. The van der Waals surface area contributed by atoms with Gasteiger partial charge in [0, 0.05) is 30.2 Å². The molecule has 3 heterocycles. The van der Waals surface area contributed by atoms with Gasteiger partial charge in [0.2, 0.25) is 0 Å². The van der Waals surface area contributed by atoms with Crippen LogP contribution in [0.1, 0.15) is 34.8 Å². The summed E-state index contributed by atoms with van der Waals surface area (Å²) in [5, 5.41) is 2.75. The molecule has 0 amide bonds. The minimum Gasteiger partial charge on any atom is -0.462 e. The highest BCUT2D eigenvalue weighted by atomic mass is 35.5. The van der Waals surface area contributed by atoms with E-state index in [2.05, 4.69) is 15.0 Å². The molecule has 0 saturated carbocycles. The first-order chi connectivity index (χ1) is 12.5. The van der Waals surface area contributed by atoms with Gasteiger partial charge in [0.15, 0.2) is 5.65 Å². The molecule has 3 aromatic heterocycles. The van der Waals surface area contributed by atoms with E-state index in [-0.39, 0.29) is 23.4 Å². The third-order valence-corrected chi connectivity index (χ3v) is 5.10. The average Bonchev–Trinajstić information content (AvgIpc) is 3.21. The van der Waals surface area contributed by atoms with E-state index in [1.807, 2.05) is 19.1 Å². The van der Waals surface area contributed by atoms with Crippen LogP contribution < -0.4 is 5.56 Å². The van der Waals surface area contributed by atoms with Crippen molar-refractivity contribution in [3.05, 3.63) is 55.2 Å². The third-order valence-electron chi connectivity index (χ3n) is 3.89. The van der Waals surface area contributed by atoms with E-state index in [9.17, 15) is 9.59 Å². The number of halogens is 1. The zero-order chi connectivity index (χ0) is 18.7. The first-order valence-electron chi connectivity index (χ1n) is 8.25. The van der Waals surface area contributed by atoms with Crippen molar-refractivity contribution in [3.8, 4) is 0 Å². The molecular weight excluding hydrogens is 376 g/mol. The molecular formula is C17H19ClN4O3S. The number of esters is 1. The number of H-pyrrole nitrogens is 1. The lowest BCUT2D eigenvalue weighted by Gasteiger charge is -2.19. The van der Waals surface area contributed by atoms with Gasteiger partial charge in [0.25, 0.3) is 5.56 Å². The van der Waals surface area contributed by atoms with Gasteiger partial charge < -0.3 is 4.74 Å². The number of carbonyl (C=O) groups excluding carboxylic acids is 1. The lowest BCUT2D eigenvalue weighted by atomic mass is 10.3. The van der Waals surface area contributed by atoms with Crippen molar-refractivity contribution in [2.75, 3.05) is 13.2 Å². The number of nitrogens with zero attached hydrogens (tertiary/aromatic N) is 3. The van der Waals surface area contributed by atoms with Crippen LogP contribution in [0.5, 0.6) is 0 Å². The van der Waals surface area contributed by atoms with Gasteiger partial charge in [-0.25, -0.2) is 14.3 Å². The maximum absolute atomic E-state index is 12.3. The van der Waals surface area contributed by atoms with E-state index in [1.54, 1.807) is 6.92 Å². The predicted molar refractivity (Wildman–Crippen MR) is 101 cm³/mol. The zero-order valence-electron chi connectivity index (χ0n) is 14.5. The number of hydrogen-bond acceptors (Lipinski definition) is 6. The quantitative estimate of drug-likeness (QED) is 0.623. The second-order valence-corrected chi connectivity index (χ2v) is 7.46. The highest BCUT2D eigenvalue weighted by Gasteiger charge is 2.17. The minimum absolute atomic E-state index is 0.249. The monoisotopic (exact) mass is 394 g/mol. The van der Waals surface area contributed by atoms with Gasteiger partial charge in [0.05, 0.1) is 16.6 Å². The zero-order valence-corrected chi connectivity index (χ0v) is 16.1. The summed E-state index contributed by atoms with van der Waals surface area (Å²) in [7, 11) is 0. The fourth-order valence-corrected chi connectivity index (χ4v) is 3.76. The maximum atomic E-state index is 12.3. The van der Waals surface area contributed by atoms with Gasteiger partial charge in [-0.05, 0) is 25.6 Å². The number of nitrogens with one attached hydrogen (secondary N) is 1. The molecule has 3 aromatic rings. The van der Waals surface area contributed by atoms with Crippen molar-refractivity contribution in [1.82, 2.24) is 19.5 Å². The first kappa shape index (κ1) is 18.6. The molecule has 7 nitrogen and oxygen atoms in total. The number of hydrogen-bond donors (Lipinski definition) is 1. The van der Waals surface area contributed by atoms with Crippen molar-refractivity contribution < 1.29 is 9.53 Å². The number of thiophene rings is 1. The van der Waals surface area contributed by atoms with Crippen molar-refractivity contribution >= 4 is 34.6 Å². The van der Waals surface area contributed by atoms with Crippen molar-refractivity contribution in [1.29, 1.82) is 0 Å². The summed E-state index contributed by atoms with van der Waals surface area (Å²) >= 11 is 7.52. The summed E-state index contributed by atoms with van der Waals surface area (Å²) in [5.41, 5.74) is 0.862. The van der Waals surface area contributed by atoms with E-state index < -0.39 is 5.97 Å². The molecule has 138 valence electrons. The summed E-state index contributed by atoms with van der Waals surface area (Å²) in [6, 6.07) is 5.34. The van der Waals surface area contributed by atoms with Crippen LogP contribution in [-0.2, 0) is 17.8 Å². The largest absolute Gasteiger partial charge is 0.462 e. The molecule has 0 bridgehead atoms. The summed E-state index contributed by atoms with van der Waals surface area (Å²) in [5.74, 6) is -0.504. The van der Waals surface area contributed by atoms with Crippen LogP contribution in [0.3, 0.4) is 0 Å². The van der Waals surface area contributed by atoms with E-state index in [0.29, 0.717) is 18.8 Å². The van der Waals surface area contributed by atoms with Gasteiger partial charge in [-0.15, -0.1) is 11.3 Å². The Morgan fingerprint density at radius 1 is 1.38 bits per heavy atom. The van der Waals surface area contributed by atoms with Crippen LogP contribution >= 0.6 is 22.9 Å². The Bertz CT molecular complexity index is 978. The molecule has 3 rings (SSSR count). The maximum Gasteiger partial charge on any atom is 0.343 e. The Kier molecular flexibility index (Phi) is 5.75. The number of aromatic amines is 1. The molecule has 0 fully saturated rings.